The van der Waals surface area contributed by atoms with E-state index in [0.717, 1.165) is 15.1 Å². The Bertz CT molecular complexity index is 1690. The van der Waals surface area contributed by atoms with E-state index in [9.17, 15) is 29.6 Å². The third-order valence-electron chi connectivity index (χ3n) is 6.26. The molecule has 0 aliphatic carbocycles. The average molecular weight is 653 g/mol. The van der Waals surface area contributed by atoms with Crippen LogP contribution in [0.2, 0.25) is 0 Å². The minimum absolute atomic E-state index is 0.120. The number of nitro groups is 1. The van der Waals surface area contributed by atoms with E-state index in [4.69, 9.17) is 9.47 Å². The standard InChI is InChI=1S/C29H24N4O8S3/c1-17(34)25(28(37)41-15-18-11-13-19(14-12-18)33(38)39)32-26(36)24(31-23(35)16-40-20-7-3-2-4-8-20)27(32)43-44-29-30-21-9-5-6-10-22(21)42-29/h2-14,24,27,34H,15-16H2,1H3,(H,31,35)/t24-,27-/m1/s1. The fourth-order valence-electron chi connectivity index (χ4n) is 4.14. The second-order valence-electron chi connectivity index (χ2n) is 9.31. The molecule has 0 bridgehead atoms. The van der Waals surface area contributed by atoms with E-state index < -0.39 is 39.9 Å². The Hall–Kier alpha value is -4.60. The van der Waals surface area contributed by atoms with Crippen molar-refractivity contribution in [2.24, 2.45) is 0 Å². The number of esters is 1. The largest absolute Gasteiger partial charge is 0.510 e. The number of aliphatic hydroxyl groups excluding tert-OH is 1. The number of nitro benzene ring substituents is 1. The second-order valence-corrected chi connectivity index (χ2v) is 12.9. The molecule has 12 nitrogen and oxygen atoms in total. The number of aliphatic hydroxyl groups is 1. The molecule has 1 aliphatic heterocycles. The number of rotatable bonds is 12. The molecule has 44 heavy (non-hydrogen) atoms. The number of aromatic nitrogens is 1. The summed E-state index contributed by atoms with van der Waals surface area (Å²) in [5.74, 6) is -2.13. The maximum Gasteiger partial charge on any atom is 0.358 e. The van der Waals surface area contributed by atoms with E-state index >= 15 is 0 Å². The summed E-state index contributed by atoms with van der Waals surface area (Å²) in [6.07, 6.45) is 0. The number of hydrogen-bond acceptors (Lipinski definition) is 12. The molecule has 0 spiro atoms. The molecule has 1 aromatic heterocycles. The lowest BCUT2D eigenvalue weighted by atomic mass is 10.1. The molecule has 2 N–H and O–H groups in total. The number of amides is 2. The third-order valence-corrected chi connectivity index (χ3v) is 10.3. The Labute approximate surface area is 262 Å². The van der Waals surface area contributed by atoms with Crippen LogP contribution in [0, 0.1) is 10.1 Å². The minimum atomic E-state index is -1.04. The number of allylic oxidation sites excluding steroid dienone is 1. The SMILES string of the molecule is CC(O)=C(C(=O)OCc1ccc([N+](=O)[O-])cc1)N1C(=O)[C@@H](NC(=O)COc2ccccc2)[C@H]1SSc1nc2ccccc2s1. The molecule has 5 rings (SSSR count). The molecule has 0 saturated carbocycles. The van der Waals surface area contributed by atoms with Crippen molar-refractivity contribution in [1.82, 2.24) is 15.2 Å². The maximum absolute atomic E-state index is 13.4. The molecule has 1 saturated heterocycles. The molecule has 0 radical (unpaired) electrons. The highest BCUT2D eigenvalue weighted by Crippen LogP contribution is 2.45. The predicted octanol–water partition coefficient (Wildman–Crippen LogP) is 5.21. The van der Waals surface area contributed by atoms with Crippen LogP contribution in [0.1, 0.15) is 12.5 Å². The number of ether oxygens (including phenoxy) is 2. The first-order chi connectivity index (χ1) is 21.2. The number of hydrogen-bond donors (Lipinski definition) is 2. The number of β-lactam (4-membered cyclic amide) rings is 1. The molecule has 1 fully saturated rings. The number of non-ortho nitro benzene ring substituents is 1. The second kappa shape index (κ2) is 13.8. The van der Waals surface area contributed by atoms with Crippen LogP contribution in [0.4, 0.5) is 5.69 Å². The van der Waals surface area contributed by atoms with Gasteiger partial charge in [-0.3, -0.25) is 24.6 Å². The van der Waals surface area contributed by atoms with E-state index in [0.29, 0.717) is 15.7 Å². The number of carbonyl (C=O) groups excluding carboxylic acids is 3. The summed E-state index contributed by atoms with van der Waals surface area (Å²) in [6.45, 7) is 0.651. The molecule has 226 valence electrons. The van der Waals surface area contributed by atoms with Gasteiger partial charge in [-0.2, -0.15) is 0 Å². The van der Waals surface area contributed by atoms with Gasteiger partial charge in [-0.25, -0.2) is 9.78 Å². The summed E-state index contributed by atoms with van der Waals surface area (Å²) in [7, 11) is 2.46. The number of para-hydroxylation sites is 2. The molecule has 3 aromatic carbocycles. The number of carbonyl (C=O) groups is 3. The zero-order chi connectivity index (χ0) is 31.2. The van der Waals surface area contributed by atoms with Crippen LogP contribution in [-0.4, -0.2) is 55.7 Å². The molecule has 4 aromatic rings. The quantitative estimate of drug-likeness (QED) is 0.0393. The van der Waals surface area contributed by atoms with Gasteiger partial charge in [-0.15, -0.1) is 11.3 Å². The maximum atomic E-state index is 13.4. The average Bonchev–Trinajstić information content (AvgIpc) is 3.45. The van der Waals surface area contributed by atoms with Gasteiger partial charge in [-0.1, -0.05) is 41.1 Å². The molecule has 2 amide bonds. The van der Waals surface area contributed by atoms with Crippen LogP contribution in [0.5, 0.6) is 5.75 Å². The first-order valence-electron chi connectivity index (χ1n) is 13.0. The molecular weight excluding hydrogens is 629 g/mol. The lowest BCUT2D eigenvalue weighted by molar-refractivity contribution is -0.384. The van der Waals surface area contributed by atoms with Crippen LogP contribution in [0.25, 0.3) is 10.2 Å². The van der Waals surface area contributed by atoms with E-state index in [2.05, 4.69) is 10.3 Å². The third kappa shape index (κ3) is 7.12. The summed E-state index contributed by atoms with van der Waals surface area (Å²) in [4.78, 5) is 55.3. The monoisotopic (exact) mass is 652 g/mol. The Kier molecular flexibility index (Phi) is 9.67. The van der Waals surface area contributed by atoms with Crippen LogP contribution < -0.4 is 10.1 Å². The Morgan fingerprint density at radius 3 is 2.48 bits per heavy atom. The topological polar surface area (TPSA) is 161 Å². The van der Waals surface area contributed by atoms with Crippen LogP contribution >= 0.6 is 32.9 Å². The highest BCUT2D eigenvalue weighted by molar-refractivity contribution is 8.77. The van der Waals surface area contributed by atoms with Crippen molar-refractivity contribution in [3.05, 3.63) is 106 Å². The fraction of sp³-hybridized carbons (Fsp3) is 0.172. The van der Waals surface area contributed by atoms with Crippen molar-refractivity contribution in [2.75, 3.05) is 6.61 Å². The molecule has 2 atom stereocenters. The van der Waals surface area contributed by atoms with Crippen molar-refractivity contribution < 1.29 is 33.9 Å². The van der Waals surface area contributed by atoms with Crippen LogP contribution in [0.15, 0.2) is 94.7 Å². The molecule has 15 heteroatoms. The lowest BCUT2D eigenvalue weighted by Crippen LogP contribution is -2.69. The molecular formula is C29H24N4O8S3. The Balaban J connectivity index is 1.31. The summed E-state index contributed by atoms with van der Waals surface area (Å²) >= 11 is 1.45. The van der Waals surface area contributed by atoms with Gasteiger partial charge in [0, 0.05) is 12.1 Å². The van der Waals surface area contributed by atoms with Gasteiger partial charge in [0.15, 0.2) is 16.6 Å². The Morgan fingerprint density at radius 1 is 1.09 bits per heavy atom. The normalized spacial score (nSPS) is 16.6. The van der Waals surface area contributed by atoms with Crippen LogP contribution in [0.3, 0.4) is 0 Å². The van der Waals surface area contributed by atoms with E-state index in [1.54, 1.807) is 24.3 Å². The van der Waals surface area contributed by atoms with E-state index in [1.165, 1.54) is 64.1 Å². The zero-order valence-corrected chi connectivity index (χ0v) is 25.4. The van der Waals surface area contributed by atoms with E-state index in [-0.39, 0.29) is 24.6 Å². The van der Waals surface area contributed by atoms with Gasteiger partial charge in [0.25, 0.3) is 17.5 Å². The number of nitrogens with one attached hydrogen (secondary N) is 1. The Morgan fingerprint density at radius 2 is 1.80 bits per heavy atom. The predicted molar refractivity (Wildman–Crippen MR) is 166 cm³/mol. The number of nitrogens with zero attached hydrogens (tertiary/aromatic N) is 3. The number of fused-ring (bicyclic) bond motifs is 1. The van der Waals surface area contributed by atoms with Crippen molar-refractivity contribution in [2.45, 2.75) is 29.3 Å². The van der Waals surface area contributed by atoms with Gasteiger partial charge in [0.2, 0.25) is 0 Å². The van der Waals surface area contributed by atoms with Crippen LogP contribution in [-0.2, 0) is 25.7 Å². The molecule has 0 unspecified atom stereocenters. The molecule has 2 heterocycles. The first kappa shape index (κ1) is 30.8. The summed E-state index contributed by atoms with van der Waals surface area (Å²) in [5, 5.41) is 23.2. The van der Waals surface area contributed by atoms with Crippen molar-refractivity contribution in [3.8, 4) is 5.75 Å². The van der Waals surface area contributed by atoms with Gasteiger partial charge >= 0.3 is 5.97 Å². The summed E-state index contributed by atoms with van der Waals surface area (Å²) in [6, 6.07) is 20.7. The number of thiazole rings is 1. The number of likely N-dealkylation sites (tertiary alicyclic amines) is 1. The molecule has 1 aliphatic rings. The lowest BCUT2D eigenvalue weighted by Gasteiger charge is -2.46. The van der Waals surface area contributed by atoms with Crippen molar-refractivity contribution in [1.29, 1.82) is 0 Å². The fourth-order valence-corrected chi connectivity index (χ4v) is 8.06. The van der Waals surface area contributed by atoms with E-state index in [1.807, 2.05) is 30.3 Å². The highest BCUT2D eigenvalue weighted by atomic mass is 33.1. The van der Waals surface area contributed by atoms with Crippen molar-refractivity contribution >= 4 is 66.6 Å². The van der Waals surface area contributed by atoms with Gasteiger partial charge in [0.1, 0.15) is 29.5 Å². The highest BCUT2D eigenvalue weighted by Gasteiger charge is 2.53. The zero-order valence-electron chi connectivity index (χ0n) is 22.9. The van der Waals surface area contributed by atoms with Gasteiger partial charge < -0.3 is 19.9 Å². The summed E-state index contributed by atoms with van der Waals surface area (Å²) < 4.78 is 12.5. The number of benzene rings is 3. The van der Waals surface area contributed by atoms with Gasteiger partial charge in [0.05, 0.1) is 15.1 Å². The summed E-state index contributed by atoms with van der Waals surface area (Å²) in [5.41, 5.74) is 0.775. The first-order valence-corrected chi connectivity index (χ1v) is 16.0. The van der Waals surface area contributed by atoms with Crippen molar-refractivity contribution in [3.63, 3.8) is 0 Å². The minimum Gasteiger partial charge on any atom is -0.510 e. The smallest absolute Gasteiger partial charge is 0.358 e. The van der Waals surface area contributed by atoms with Gasteiger partial charge in [-0.05, 0) is 59.7 Å².